The predicted octanol–water partition coefficient (Wildman–Crippen LogP) is 4.92. The number of hydrogen-bond donors (Lipinski definition) is 1. The highest BCUT2D eigenvalue weighted by atomic mass is 127. The van der Waals surface area contributed by atoms with E-state index < -0.39 is 6.09 Å². The van der Waals surface area contributed by atoms with Crippen LogP contribution in [0.3, 0.4) is 0 Å². The third-order valence-corrected chi connectivity index (χ3v) is 4.57. The molecule has 0 aliphatic rings. The Morgan fingerprint density at radius 1 is 1.26 bits per heavy atom. The predicted molar refractivity (Wildman–Crippen MR) is 100 cm³/mol. The van der Waals surface area contributed by atoms with Crippen molar-refractivity contribution in [1.82, 2.24) is 0 Å². The third kappa shape index (κ3) is 4.60. The van der Waals surface area contributed by atoms with Gasteiger partial charge >= 0.3 is 6.09 Å². The quantitative estimate of drug-likeness (QED) is 0.692. The summed E-state index contributed by atoms with van der Waals surface area (Å²) in [5.41, 5.74) is 4.03. The first-order valence-corrected chi connectivity index (χ1v) is 8.47. The molecule has 2 aromatic carbocycles. The topological polar surface area (TPSA) is 47.6 Å². The van der Waals surface area contributed by atoms with Crippen molar-refractivity contribution in [3.05, 3.63) is 56.7 Å². The first-order chi connectivity index (χ1) is 11.0. The van der Waals surface area contributed by atoms with Crippen LogP contribution in [0.15, 0.2) is 36.4 Å². The Hall–Kier alpha value is -1.76. The van der Waals surface area contributed by atoms with E-state index in [1.54, 1.807) is 0 Å². The molecule has 122 valence electrons. The van der Waals surface area contributed by atoms with Crippen LogP contribution in [0.1, 0.15) is 23.6 Å². The lowest BCUT2D eigenvalue weighted by Crippen LogP contribution is -2.14. The van der Waals surface area contributed by atoms with Gasteiger partial charge in [0, 0.05) is 9.13 Å². The maximum absolute atomic E-state index is 11.5. The molecule has 0 aliphatic carbocycles. The number of amides is 1. The molecule has 0 saturated carbocycles. The van der Waals surface area contributed by atoms with Crippen molar-refractivity contribution in [2.75, 3.05) is 12.4 Å². The average Bonchev–Trinajstić information content (AvgIpc) is 2.55. The molecule has 0 radical (unpaired) electrons. The minimum absolute atomic E-state index is 0.380. The van der Waals surface area contributed by atoms with Crippen LogP contribution in [0.25, 0.3) is 0 Å². The number of methoxy groups -OCH3 is 1. The van der Waals surface area contributed by atoms with E-state index in [4.69, 9.17) is 4.74 Å². The zero-order valence-electron chi connectivity index (χ0n) is 13.5. The lowest BCUT2D eigenvalue weighted by Gasteiger charge is -2.15. The minimum Gasteiger partial charge on any atom is -0.489 e. The Morgan fingerprint density at radius 3 is 2.70 bits per heavy atom. The van der Waals surface area contributed by atoms with E-state index in [-0.39, 0.29) is 0 Å². The molecule has 5 heteroatoms. The molecule has 23 heavy (non-hydrogen) atoms. The van der Waals surface area contributed by atoms with E-state index in [1.165, 1.54) is 12.7 Å². The van der Waals surface area contributed by atoms with Crippen molar-refractivity contribution in [3.63, 3.8) is 0 Å². The first-order valence-electron chi connectivity index (χ1n) is 7.39. The molecule has 0 aromatic heterocycles. The summed E-state index contributed by atoms with van der Waals surface area (Å²) >= 11 is 2.24. The van der Waals surface area contributed by atoms with Crippen LogP contribution in [-0.4, -0.2) is 13.2 Å². The van der Waals surface area contributed by atoms with Gasteiger partial charge in [-0.2, -0.15) is 0 Å². The summed E-state index contributed by atoms with van der Waals surface area (Å²) < 4.78 is 11.7. The van der Waals surface area contributed by atoms with Crippen LogP contribution < -0.4 is 10.1 Å². The van der Waals surface area contributed by atoms with Crippen molar-refractivity contribution in [3.8, 4) is 5.75 Å². The van der Waals surface area contributed by atoms with E-state index in [9.17, 15) is 4.79 Å². The number of carbonyl (C=O) groups is 1. The second-order valence-electron chi connectivity index (χ2n) is 5.12. The summed E-state index contributed by atoms with van der Waals surface area (Å²) in [6.45, 7) is 4.55. The van der Waals surface area contributed by atoms with E-state index in [0.717, 1.165) is 26.9 Å². The first kappa shape index (κ1) is 17.6. The number of ether oxygens (including phenoxy) is 2. The minimum atomic E-state index is -0.489. The third-order valence-electron chi connectivity index (χ3n) is 3.56. The fraction of sp³-hybridized carbons (Fsp3) is 0.278. The highest BCUT2D eigenvalue weighted by Gasteiger charge is 2.11. The Morgan fingerprint density at radius 2 is 2.04 bits per heavy atom. The van der Waals surface area contributed by atoms with E-state index in [0.29, 0.717) is 12.3 Å². The summed E-state index contributed by atoms with van der Waals surface area (Å²) in [5.74, 6) is 0.853. The maximum atomic E-state index is 11.5. The molecule has 2 rings (SSSR count). The molecule has 0 aliphatic heterocycles. The Bertz CT molecular complexity index is 701. The Labute approximate surface area is 150 Å². The van der Waals surface area contributed by atoms with Gasteiger partial charge in [0.2, 0.25) is 0 Å². The van der Waals surface area contributed by atoms with Gasteiger partial charge in [-0.15, -0.1) is 0 Å². The molecular formula is C18H20INO3. The molecule has 0 heterocycles. The molecule has 4 nitrogen and oxygen atoms in total. The normalized spacial score (nSPS) is 10.3. The van der Waals surface area contributed by atoms with Crippen molar-refractivity contribution < 1.29 is 14.3 Å². The molecule has 0 spiro atoms. The number of halogens is 1. The smallest absolute Gasteiger partial charge is 0.411 e. The Kier molecular flexibility index (Phi) is 6.27. The highest BCUT2D eigenvalue weighted by Crippen LogP contribution is 2.26. The Balaban J connectivity index is 2.18. The second kappa shape index (κ2) is 8.19. The van der Waals surface area contributed by atoms with Crippen molar-refractivity contribution in [2.24, 2.45) is 0 Å². The zero-order valence-corrected chi connectivity index (χ0v) is 15.6. The summed E-state index contributed by atoms with van der Waals surface area (Å²) in [6, 6.07) is 11.9. The summed E-state index contributed by atoms with van der Waals surface area (Å²) in [7, 11) is 1.35. The number of rotatable bonds is 5. The number of nitrogens with one attached hydrogen (secondary N) is 1. The second-order valence-corrected chi connectivity index (χ2v) is 6.29. The summed E-state index contributed by atoms with van der Waals surface area (Å²) in [6.07, 6.45) is 0.516. The fourth-order valence-electron chi connectivity index (χ4n) is 2.23. The standard InChI is InChI=1S/C18H20INO3/c1-4-13-8-9-17(12(2)10-13)23-11-14-15(19)6-5-7-16(14)20-18(21)22-3/h5-10H,4,11H2,1-3H3,(H,20,21). The maximum Gasteiger partial charge on any atom is 0.411 e. The van der Waals surface area contributed by atoms with E-state index in [2.05, 4.69) is 51.7 Å². The number of hydrogen-bond acceptors (Lipinski definition) is 3. The zero-order chi connectivity index (χ0) is 16.8. The van der Waals surface area contributed by atoms with Gasteiger partial charge in [0.1, 0.15) is 12.4 Å². The number of aryl methyl sites for hydroxylation is 2. The van der Waals surface area contributed by atoms with Crippen molar-refractivity contribution >= 4 is 34.4 Å². The fourth-order valence-corrected chi connectivity index (χ4v) is 2.88. The molecular weight excluding hydrogens is 405 g/mol. The average molecular weight is 425 g/mol. The number of carbonyl (C=O) groups excluding carboxylic acids is 1. The van der Waals surface area contributed by atoms with Crippen molar-refractivity contribution in [1.29, 1.82) is 0 Å². The van der Waals surface area contributed by atoms with Crippen LogP contribution in [0, 0.1) is 10.5 Å². The van der Waals surface area contributed by atoms with Gasteiger partial charge in [-0.25, -0.2) is 4.79 Å². The van der Waals surface area contributed by atoms with Gasteiger partial charge in [0.05, 0.1) is 12.8 Å². The molecule has 2 aromatic rings. The van der Waals surface area contributed by atoms with Gasteiger partial charge in [-0.3, -0.25) is 5.32 Å². The van der Waals surface area contributed by atoms with E-state index >= 15 is 0 Å². The van der Waals surface area contributed by atoms with Gasteiger partial charge < -0.3 is 9.47 Å². The molecule has 1 amide bonds. The molecule has 0 atom stereocenters. The van der Waals surface area contributed by atoms with Crippen LogP contribution in [0.5, 0.6) is 5.75 Å². The van der Waals surface area contributed by atoms with Gasteiger partial charge in [0.15, 0.2) is 0 Å². The monoisotopic (exact) mass is 425 g/mol. The van der Waals surface area contributed by atoms with Crippen LogP contribution in [0.2, 0.25) is 0 Å². The lowest BCUT2D eigenvalue weighted by atomic mass is 10.1. The molecule has 0 unspecified atom stereocenters. The molecule has 0 bridgehead atoms. The summed E-state index contributed by atoms with van der Waals surface area (Å²) in [4.78, 5) is 11.5. The van der Waals surface area contributed by atoms with Gasteiger partial charge in [0.25, 0.3) is 0 Å². The number of anilines is 1. The molecule has 0 fully saturated rings. The van der Waals surface area contributed by atoms with Gasteiger partial charge in [-0.05, 0) is 65.3 Å². The lowest BCUT2D eigenvalue weighted by molar-refractivity contribution is 0.187. The van der Waals surface area contributed by atoms with Crippen LogP contribution in [0.4, 0.5) is 10.5 Å². The van der Waals surface area contributed by atoms with Crippen LogP contribution >= 0.6 is 22.6 Å². The molecule has 0 saturated heterocycles. The number of benzene rings is 2. The van der Waals surface area contributed by atoms with E-state index in [1.807, 2.05) is 31.2 Å². The summed E-state index contributed by atoms with van der Waals surface area (Å²) in [5, 5.41) is 2.72. The van der Waals surface area contributed by atoms with Gasteiger partial charge in [-0.1, -0.05) is 25.1 Å². The van der Waals surface area contributed by atoms with Crippen LogP contribution in [-0.2, 0) is 17.8 Å². The van der Waals surface area contributed by atoms with Crippen molar-refractivity contribution in [2.45, 2.75) is 26.9 Å². The largest absolute Gasteiger partial charge is 0.489 e. The highest BCUT2D eigenvalue weighted by molar-refractivity contribution is 14.1. The SMILES string of the molecule is CCc1ccc(OCc2c(I)cccc2NC(=O)OC)c(C)c1. The molecule has 1 N–H and O–H groups in total.